The van der Waals surface area contributed by atoms with E-state index in [1.165, 1.54) is 0 Å². The number of aromatic amines is 1. The first kappa shape index (κ1) is 17.4. The summed E-state index contributed by atoms with van der Waals surface area (Å²) in [5.74, 6) is -0.680. The largest absolute Gasteiger partial charge is 0.494 e. The molecule has 0 radical (unpaired) electrons. The number of hydrogen-bond donors (Lipinski definition) is 2. The molecule has 26 heavy (non-hydrogen) atoms. The van der Waals surface area contributed by atoms with Crippen molar-refractivity contribution in [2.75, 3.05) is 0 Å². The fourth-order valence-electron chi connectivity index (χ4n) is 2.96. The molecule has 0 saturated heterocycles. The van der Waals surface area contributed by atoms with E-state index in [-0.39, 0.29) is 11.4 Å². The topological polar surface area (TPSA) is 65.4 Å². The van der Waals surface area contributed by atoms with Crippen LogP contribution in [0.25, 0.3) is 11.3 Å². The van der Waals surface area contributed by atoms with Crippen LogP contribution in [0.3, 0.4) is 0 Å². The standard InChI is InChI=1S/C18H8Cl4N2O2/c19-9-1-7(2-10(20)5-9)15-13-14(18(26)23-15)16(24-17(13)25)8-3-11(21)6-12(22)4-8/h1-6,23,26H. The number of carbonyl (C=O) groups excluding carboxylic acids is 1. The van der Waals surface area contributed by atoms with E-state index in [1.807, 2.05) is 0 Å². The number of rotatable bonds is 2. The van der Waals surface area contributed by atoms with Crippen LogP contribution in [0.15, 0.2) is 41.4 Å². The number of hydrogen-bond acceptors (Lipinski definition) is 2. The minimum atomic E-state index is -0.492. The van der Waals surface area contributed by atoms with E-state index in [2.05, 4.69) is 9.98 Å². The maximum absolute atomic E-state index is 12.5. The van der Waals surface area contributed by atoms with Gasteiger partial charge >= 0.3 is 0 Å². The summed E-state index contributed by atoms with van der Waals surface area (Å²) in [4.78, 5) is 19.4. The van der Waals surface area contributed by atoms with Crippen LogP contribution < -0.4 is 0 Å². The van der Waals surface area contributed by atoms with E-state index >= 15 is 0 Å². The third kappa shape index (κ3) is 2.89. The molecule has 0 unspecified atom stereocenters. The van der Waals surface area contributed by atoms with Crippen molar-refractivity contribution in [3.05, 3.63) is 73.2 Å². The van der Waals surface area contributed by atoms with E-state index in [1.54, 1.807) is 36.4 Å². The second kappa shape index (κ2) is 6.32. The van der Waals surface area contributed by atoms with Gasteiger partial charge in [0.25, 0.3) is 5.91 Å². The van der Waals surface area contributed by atoms with Crippen LogP contribution in [-0.4, -0.2) is 21.7 Å². The van der Waals surface area contributed by atoms with Crippen LogP contribution in [0.2, 0.25) is 20.1 Å². The van der Waals surface area contributed by atoms with Crippen molar-refractivity contribution in [3.63, 3.8) is 0 Å². The number of aromatic nitrogens is 1. The van der Waals surface area contributed by atoms with Crippen molar-refractivity contribution >= 4 is 58.0 Å². The maximum Gasteiger partial charge on any atom is 0.280 e. The average Bonchev–Trinajstić information content (AvgIpc) is 3.05. The monoisotopic (exact) mass is 424 g/mol. The normalized spacial score (nSPS) is 13.1. The molecule has 0 aliphatic carbocycles. The Bertz CT molecular complexity index is 1080. The molecule has 8 heteroatoms. The Balaban J connectivity index is 1.92. The lowest BCUT2D eigenvalue weighted by Gasteiger charge is -2.03. The van der Waals surface area contributed by atoms with Gasteiger partial charge in [-0.25, -0.2) is 4.99 Å². The van der Waals surface area contributed by atoms with Gasteiger partial charge in [0.15, 0.2) is 5.88 Å². The van der Waals surface area contributed by atoms with Crippen molar-refractivity contribution in [1.29, 1.82) is 0 Å². The molecule has 2 heterocycles. The number of benzene rings is 2. The molecule has 0 saturated carbocycles. The summed E-state index contributed by atoms with van der Waals surface area (Å²) in [5, 5.41) is 12.0. The van der Waals surface area contributed by atoms with Gasteiger partial charge in [-0.3, -0.25) is 4.79 Å². The molecule has 4 nitrogen and oxygen atoms in total. The summed E-state index contributed by atoms with van der Waals surface area (Å²) in [6, 6.07) is 9.67. The first-order chi connectivity index (χ1) is 12.3. The van der Waals surface area contributed by atoms with Gasteiger partial charge in [-0.2, -0.15) is 0 Å². The summed E-state index contributed by atoms with van der Waals surface area (Å²) in [6.07, 6.45) is 0. The average molecular weight is 426 g/mol. The summed E-state index contributed by atoms with van der Waals surface area (Å²) >= 11 is 24.2. The highest BCUT2D eigenvalue weighted by atomic mass is 35.5. The fraction of sp³-hybridized carbons (Fsp3) is 0. The Labute approximate surface area is 168 Å². The van der Waals surface area contributed by atoms with Crippen LogP contribution in [0.5, 0.6) is 5.88 Å². The third-order valence-electron chi connectivity index (χ3n) is 3.93. The number of aromatic hydroxyl groups is 1. The van der Waals surface area contributed by atoms with E-state index in [0.717, 1.165) is 0 Å². The van der Waals surface area contributed by atoms with Gasteiger partial charge in [0.05, 0.1) is 22.5 Å². The summed E-state index contributed by atoms with van der Waals surface area (Å²) in [5.41, 5.74) is 2.31. The van der Waals surface area contributed by atoms with Crippen LogP contribution >= 0.6 is 46.4 Å². The van der Waals surface area contributed by atoms with Crippen molar-refractivity contribution in [2.24, 2.45) is 4.99 Å². The van der Waals surface area contributed by atoms with Gasteiger partial charge in [0, 0.05) is 31.2 Å². The molecular weight excluding hydrogens is 418 g/mol. The number of amides is 1. The summed E-state index contributed by atoms with van der Waals surface area (Å²) in [6.45, 7) is 0. The number of halogens is 4. The molecule has 1 amide bonds. The Morgan fingerprint density at radius 2 is 1.27 bits per heavy atom. The number of nitrogens with one attached hydrogen (secondary N) is 1. The minimum absolute atomic E-state index is 0.188. The van der Waals surface area contributed by atoms with Crippen molar-refractivity contribution < 1.29 is 9.90 Å². The Morgan fingerprint density at radius 1 is 0.769 bits per heavy atom. The van der Waals surface area contributed by atoms with E-state index in [9.17, 15) is 9.90 Å². The zero-order valence-electron chi connectivity index (χ0n) is 12.8. The molecule has 2 aromatic carbocycles. The lowest BCUT2D eigenvalue weighted by atomic mass is 10.0. The highest BCUT2D eigenvalue weighted by molar-refractivity contribution is 6.37. The van der Waals surface area contributed by atoms with E-state index in [4.69, 9.17) is 46.4 Å². The third-order valence-corrected chi connectivity index (χ3v) is 4.80. The highest BCUT2D eigenvalue weighted by Gasteiger charge is 2.33. The number of fused-ring (bicyclic) bond motifs is 1. The van der Waals surface area contributed by atoms with Crippen molar-refractivity contribution in [2.45, 2.75) is 0 Å². The van der Waals surface area contributed by atoms with Gasteiger partial charge in [-0.1, -0.05) is 46.4 Å². The zero-order valence-corrected chi connectivity index (χ0v) is 15.8. The van der Waals surface area contributed by atoms with Gasteiger partial charge < -0.3 is 10.1 Å². The van der Waals surface area contributed by atoms with Crippen LogP contribution in [-0.2, 0) is 0 Å². The highest BCUT2D eigenvalue weighted by Crippen LogP contribution is 2.39. The van der Waals surface area contributed by atoms with Gasteiger partial charge in [0.1, 0.15) is 0 Å². The molecule has 3 aromatic rings. The predicted octanol–water partition coefficient (Wildman–Crippen LogP) is 5.99. The smallest absolute Gasteiger partial charge is 0.280 e. The van der Waals surface area contributed by atoms with E-state index < -0.39 is 5.91 Å². The first-order valence-electron chi connectivity index (χ1n) is 7.34. The summed E-state index contributed by atoms with van der Waals surface area (Å²) < 4.78 is 0. The molecule has 4 rings (SSSR count). The number of aliphatic imine (C=N–C) groups is 1. The Hall–Kier alpha value is -1.98. The molecule has 130 valence electrons. The van der Waals surface area contributed by atoms with Crippen LogP contribution in [0.4, 0.5) is 0 Å². The molecule has 0 bridgehead atoms. The number of H-pyrrole nitrogens is 1. The van der Waals surface area contributed by atoms with E-state index in [0.29, 0.717) is 48.2 Å². The second-order valence-corrected chi connectivity index (χ2v) is 7.43. The minimum Gasteiger partial charge on any atom is -0.494 e. The molecule has 1 aromatic heterocycles. The van der Waals surface area contributed by atoms with Crippen LogP contribution in [0, 0.1) is 0 Å². The van der Waals surface area contributed by atoms with Gasteiger partial charge in [-0.05, 0) is 36.4 Å². The number of carbonyl (C=O) groups is 1. The fourth-order valence-corrected chi connectivity index (χ4v) is 4.01. The predicted molar refractivity (Wildman–Crippen MR) is 104 cm³/mol. The lowest BCUT2D eigenvalue weighted by Crippen LogP contribution is -2.00. The molecule has 0 fully saturated rings. The zero-order chi connectivity index (χ0) is 18.6. The number of nitrogens with zero attached hydrogens (tertiary/aromatic N) is 1. The first-order valence-corrected chi connectivity index (χ1v) is 8.86. The Kier molecular flexibility index (Phi) is 4.24. The van der Waals surface area contributed by atoms with Gasteiger partial charge in [-0.15, -0.1) is 0 Å². The van der Waals surface area contributed by atoms with Crippen molar-refractivity contribution in [3.8, 4) is 17.1 Å². The molecule has 1 aliphatic rings. The van der Waals surface area contributed by atoms with Crippen molar-refractivity contribution in [1.82, 2.24) is 4.98 Å². The lowest BCUT2D eigenvalue weighted by molar-refractivity contribution is 0.101. The quantitative estimate of drug-likeness (QED) is 0.529. The molecule has 2 N–H and O–H groups in total. The molecule has 0 spiro atoms. The van der Waals surface area contributed by atoms with Crippen LogP contribution in [0.1, 0.15) is 21.5 Å². The molecule has 0 atom stereocenters. The molecule has 1 aliphatic heterocycles. The van der Waals surface area contributed by atoms with Gasteiger partial charge in [0.2, 0.25) is 0 Å². The maximum atomic E-state index is 12.5. The summed E-state index contributed by atoms with van der Waals surface area (Å²) in [7, 11) is 0. The molecular formula is C18H8Cl4N2O2. The SMILES string of the molecule is O=C1N=C(c2cc(Cl)cc(Cl)c2)c2c(O)[nH]c(-c3cc(Cl)cc(Cl)c3)c21. The second-order valence-electron chi connectivity index (χ2n) is 5.68. The Morgan fingerprint density at radius 3 is 1.81 bits per heavy atom.